The van der Waals surface area contributed by atoms with Crippen molar-refractivity contribution in [2.75, 3.05) is 46.0 Å². The van der Waals surface area contributed by atoms with Crippen molar-refractivity contribution in [1.29, 1.82) is 0 Å². The summed E-state index contributed by atoms with van der Waals surface area (Å²) < 4.78 is 26.4. The fourth-order valence-electron chi connectivity index (χ4n) is 2.19. The number of rotatable bonds is 2. The average molecular weight is 312 g/mol. The number of urea groups is 1. The normalized spacial score (nSPS) is 16.8. The third-order valence-corrected chi connectivity index (χ3v) is 5.32. The van der Waals surface area contributed by atoms with E-state index in [2.05, 4.69) is 0 Å². The van der Waals surface area contributed by atoms with Crippen molar-refractivity contribution < 1.29 is 13.2 Å². The molecule has 2 N–H and O–H groups in total. The van der Waals surface area contributed by atoms with Gasteiger partial charge in [-0.3, -0.25) is 0 Å². The number of piperazine rings is 1. The third kappa shape index (κ3) is 3.27. The van der Waals surface area contributed by atoms with Gasteiger partial charge in [-0.2, -0.15) is 4.31 Å². The second-order valence-electron chi connectivity index (χ2n) is 5.14. The minimum absolute atomic E-state index is 0.0977. The Labute approximate surface area is 125 Å². The number of sulfonamides is 1. The minimum Gasteiger partial charge on any atom is -0.399 e. The van der Waals surface area contributed by atoms with Crippen LogP contribution < -0.4 is 5.73 Å². The van der Waals surface area contributed by atoms with E-state index >= 15 is 0 Å². The SMILES string of the molecule is CN(C)C(=O)N1CCN(S(=O)(=O)c2ccc(N)cc2)CC1. The van der Waals surface area contributed by atoms with E-state index in [1.54, 1.807) is 31.1 Å². The number of anilines is 1. The van der Waals surface area contributed by atoms with E-state index < -0.39 is 10.0 Å². The molecule has 116 valence electrons. The first-order chi connectivity index (χ1) is 9.82. The largest absolute Gasteiger partial charge is 0.399 e. The van der Waals surface area contributed by atoms with Gasteiger partial charge in [-0.1, -0.05) is 0 Å². The second-order valence-corrected chi connectivity index (χ2v) is 7.08. The Hall–Kier alpha value is -1.80. The Morgan fingerprint density at radius 2 is 1.62 bits per heavy atom. The van der Waals surface area contributed by atoms with Crippen molar-refractivity contribution in [2.45, 2.75) is 4.90 Å². The number of carbonyl (C=O) groups is 1. The van der Waals surface area contributed by atoms with Crippen molar-refractivity contribution in [2.24, 2.45) is 0 Å². The summed E-state index contributed by atoms with van der Waals surface area (Å²) in [6.07, 6.45) is 0. The molecule has 0 bridgehead atoms. The zero-order valence-corrected chi connectivity index (χ0v) is 13.0. The highest BCUT2D eigenvalue weighted by atomic mass is 32.2. The second kappa shape index (κ2) is 5.90. The van der Waals surface area contributed by atoms with Gasteiger partial charge in [0.1, 0.15) is 0 Å². The van der Waals surface area contributed by atoms with Crippen molar-refractivity contribution in [3.05, 3.63) is 24.3 Å². The third-order valence-electron chi connectivity index (χ3n) is 3.41. The number of nitrogen functional groups attached to an aromatic ring is 1. The number of amides is 2. The number of carbonyl (C=O) groups excluding carboxylic acids is 1. The van der Waals surface area contributed by atoms with E-state index in [9.17, 15) is 13.2 Å². The van der Waals surface area contributed by atoms with Crippen molar-refractivity contribution in [1.82, 2.24) is 14.1 Å². The molecule has 0 spiro atoms. The lowest BCUT2D eigenvalue weighted by molar-refractivity contribution is 0.149. The van der Waals surface area contributed by atoms with E-state index in [1.165, 1.54) is 21.3 Å². The Bertz CT molecular complexity index is 605. The van der Waals surface area contributed by atoms with Gasteiger partial charge in [0.15, 0.2) is 0 Å². The minimum atomic E-state index is -3.52. The van der Waals surface area contributed by atoms with Gasteiger partial charge in [-0.25, -0.2) is 13.2 Å². The summed E-state index contributed by atoms with van der Waals surface area (Å²) >= 11 is 0. The smallest absolute Gasteiger partial charge is 0.319 e. The predicted octanol–water partition coefficient (Wildman–Crippen LogP) is 0.257. The molecular formula is C13H20N4O3S. The Kier molecular flexibility index (Phi) is 4.38. The van der Waals surface area contributed by atoms with Gasteiger partial charge in [0.05, 0.1) is 4.90 Å². The summed E-state index contributed by atoms with van der Waals surface area (Å²) in [5, 5.41) is 0. The van der Waals surface area contributed by atoms with Gasteiger partial charge in [0.2, 0.25) is 10.0 Å². The van der Waals surface area contributed by atoms with Crippen LogP contribution in [-0.2, 0) is 10.0 Å². The molecule has 2 amide bonds. The molecule has 1 aromatic carbocycles. The molecule has 7 nitrogen and oxygen atoms in total. The fraction of sp³-hybridized carbons (Fsp3) is 0.462. The first kappa shape index (κ1) is 15.6. The van der Waals surface area contributed by atoms with Crippen LogP contribution in [-0.4, -0.2) is 68.8 Å². The van der Waals surface area contributed by atoms with Crippen molar-refractivity contribution in [3.8, 4) is 0 Å². The summed E-state index contributed by atoms with van der Waals surface area (Å²) in [4.78, 5) is 15.2. The van der Waals surface area contributed by atoms with E-state index in [0.717, 1.165) is 0 Å². The predicted molar refractivity (Wildman–Crippen MR) is 80.3 cm³/mol. The van der Waals surface area contributed by atoms with Gasteiger partial charge < -0.3 is 15.5 Å². The highest BCUT2D eigenvalue weighted by molar-refractivity contribution is 7.89. The topological polar surface area (TPSA) is 87.0 Å². The molecule has 0 saturated carbocycles. The quantitative estimate of drug-likeness (QED) is 0.793. The summed E-state index contributed by atoms with van der Waals surface area (Å²) in [7, 11) is -0.161. The van der Waals surface area contributed by atoms with Crippen LogP contribution in [0.5, 0.6) is 0 Å². The molecule has 0 unspecified atom stereocenters. The molecule has 1 aliphatic heterocycles. The van der Waals surface area contributed by atoms with E-state index in [-0.39, 0.29) is 10.9 Å². The van der Waals surface area contributed by atoms with Crippen LogP contribution in [0.3, 0.4) is 0 Å². The molecule has 1 saturated heterocycles. The Morgan fingerprint density at radius 1 is 1.10 bits per heavy atom. The summed E-state index contributed by atoms with van der Waals surface area (Å²) in [6, 6.07) is 6.04. The van der Waals surface area contributed by atoms with Crippen molar-refractivity contribution in [3.63, 3.8) is 0 Å². The number of hydrogen-bond acceptors (Lipinski definition) is 4. The summed E-state index contributed by atoms with van der Waals surface area (Å²) in [5.74, 6) is 0. The van der Waals surface area contributed by atoms with Gasteiger partial charge >= 0.3 is 6.03 Å². The Balaban J connectivity index is 2.07. The monoisotopic (exact) mass is 312 g/mol. The fourth-order valence-corrected chi connectivity index (χ4v) is 3.61. The van der Waals surface area contributed by atoms with E-state index in [0.29, 0.717) is 31.9 Å². The van der Waals surface area contributed by atoms with Crippen LogP contribution in [0.2, 0.25) is 0 Å². The maximum absolute atomic E-state index is 12.5. The van der Waals surface area contributed by atoms with Crippen LogP contribution in [0.4, 0.5) is 10.5 Å². The molecule has 1 heterocycles. The van der Waals surface area contributed by atoms with Crippen LogP contribution in [0.1, 0.15) is 0 Å². The molecular weight excluding hydrogens is 292 g/mol. The highest BCUT2D eigenvalue weighted by Gasteiger charge is 2.30. The lowest BCUT2D eigenvalue weighted by Crippen LogP contribution is -2.52. The lowest BCUT2D eigenvalue weighted by atomic mass is 10.3. The molecule has 1 fully saturated rings. The van der Waals surface area contributed by atoms with Crippen LogP contribution in [0.25, 0.3) is 0 Å². The summed E-state index contributed by atoms with van der Waals surface area (Å²) in [6.45, 7) is 1.38. The summed E-state index contributed by atoms with van der Waals surface area (Å²) in [5.41, 5.74) is 6.09. The van der Waals surface area contributed by atoms with E-state index in [4.69, 9.17) is 5.73 Å². The zero-order chi connectivity index (χ0) is 15.6. The lowest BCUT2D eigenvalue weighted by Gasteiger charge is -2.35. The van der Waals surface area contributed by atoms with Gasteiger partial charge in [-0.05, 0) is 24.3 Å². The molecule has 0 aliphatic carbocycles. The van der Waals surface area contributed by atoms with Gasteiger partial charge in [-0.15, -0.1) is 0 Å². The number of nitrogens with two attached hydrogens (primary N) is 1. The number of nitrogens with zero attached hydrogens (tertiary/aromatic N) is 3. The van der Waals surface area contributed by atoms with Crippen LogP contribution in [0, 0.1) is 0 Å². The molecule has 8 heteroatoms. The maximum atomic E-state index is 12.5. The average Bonchev–Trinajstić information content (AvgIpc) is 2.47. The zero-order valence-electron chi connectivity index (χ0n) is 12.2. The standard InChI is InChI=1S/C13H20N4O3S/c1-15(2)13(18)16-7-9-17(10-8-16)21(19,20)12-5-3-11(14)4-6-12/h3-6H,7-10,14H2,1-2H3. The van der Waals surface area contributed by atoms with E-state index in [1.807, 2.05) is 0 Å². The van der Waals surface area contributed by atoms with Gasteiger partial charge in [0.25, 0.3) is 0 Å². The molecule has 1 aromatic rings. The molecule has 21 heavy (non-hydrogen) atoms. The molecule has 2 rings (SSSR count). The first-order valence-electron chi connectivity index (χ1n) is 6.64. The van der Waals surface area contributed by atoms with Crippen molar-refractivity contribution >= 4 is 21.7 Å². The highest BCUT2D eigenvalue weighted by Crippen LogP contribution is 2.19. The van der Waals surface area contributed by atoms with Crippen LogP contribution >= 0.6 is 0 Å². The number of hydrogen-bond donors (Lipinski definition) is 1. The van der Waals surface area contributed by atoms with Gasteiger partial charge in [0, 0.05) is 46.0 Å². The molecule has 0 atom stereocenters. The van der Waals surface area contributed by atoms with Crippen LogP contribution in [0.15, 0.2) is 29.2 Å². The molecule has 0 radical (unpaired) electrons. The molecule has 0 aromatic heterocycles. The first-order valence-corrected chi connectivity index (χ1v) is 8.08. The Morgan fingerprint density at radius 3 is 2.10 bits per heavy atom. The molecule has 1 aliphatic rings. The maximum Gasteiger partial charge on any atom is 0.319 e. The number of benzene rings is 1.